The first kappa shape index (κ1) is 21.0. The fraction of sp³-hybridized carbons (Fsp3) is 0.667. The molecular weight excluding hydrogens is 376 g/mol. The Kier molecular flexibility index (Phi) is 6.21. The summed E-state index contributed by atoms with van der Waals surface area (Å²) < 4.78 is 5.38. The first-order valence-corrected chi connectivity index (χ1v) is 11.5. The number of aliphatic imine (C=N–C) groups is 1. The Hall–Kier alpha value is -2.24. The molecule has 0 radical (unpaired) electrons. The minimum atomic E-state index is -0.661. The molecule has 2 N–H and O–H groups in total. The zero-order valence-electron chi connectivity index (χ0n) is 18.5. The zero-order chi connectivity index (χ0) is 21.1. The first-order chi connectivity index (χ1) is 14.5. The van der Waals surface area contributed by atoms with Crippen LogP contribution in [0, 0.1) is 11.8 Å². The van der Waals surface area contributed by atoms with Crippen molar-refractivity contribution < 1.29 is 9.53 Å². The van der Waals surface area contributed by atoms with E-state index in [4.69, 9.17) is 15.5 Å². The van der Waals surface area contributed by atoms with Crippen molar-refractivity contribution in [3.05, 3.63) is 24.3 Å². The number of nitrogens with zero attached hydrogens (tertiary/aromatic N) is 3. The maximum Gasteiger partial charge on any atom is 0.257 e. The van der Waals surface area contributed by atoms with E-state index in [2.05, 4.69) is 17.0 Å². The number of ether oxygens (including phenoxy) is 1. The number of likely N-dealkylation sites (N-methyl/N-ethyl adjacent to an activating group) is 1. The first-order valence-electron chi connectivity index (χ1n) is 11.5. The topological polar surface area (TPSA) is 71.2 Å². The molecule has 2 fully saturated rings. The molecule has 2 unspecified atom stereocenters. The molecule has 2 heterocycles. The van der Waals surface area contributed by atoms with Crippen LogP contribution in [0.15, 0.2) is 29.3 Å². The van der Waals surface area contributed by atoms with E-state index in [0.29, 0.717) is 11.9 Å². The average molecular weight is 413 g/mol. The maximum atomic E-state index is 13.2. The van der Waals surface area contributed by atoms with Gasteiger partial charge in [0.05, 0.1) is 7.11 Å². The Morgan fingerprint density at radius 2 is 2.00 bits per heavy atom. The maximum absolute atomic E-state index is 13.2. The quantitative estimate of drug-likeness (QED) is 0.739. The van der Waals surface area contributed by atoms with Gasteiger partial charge in [0.15, 0.2) is 5.96 Å². The second kappa shape index (κ2) is 8.86. The molecule has 6 heteroatoms. The van der Waals surface area contributed by atoms with E-state index in [1.807, 2.05) is 12.1 Å². The summed E-state index contributed by atoms with van der Waals surface area (Å²) >= 11 is 0. The van der Waals surface area contributed by atoms with Gasteiger partial charge >= 0.3 is 0 Å². The molecule has 1 aromatic carbocycles. The van der Waals surface area contributed by atoms with E-state index in [1.54, 1.807) is 19.1 Å². The summed E-state index contributed by atoms with van der Waals surface area (Å²) in [4.78, 5) is 22.0. The van der Waals surface area contributed by atoms with Gasteiger partial charge in [-0.1, -0.05) is 38.2 Å². The number of nitrogens with two attached hydrogens (primary N) is 1. The normalized spacial score (nSPS) is 27.6. The van der Waals surface area contributed by atoms with Crippen LogP contribution >= 0.6 is 0 Å². The van der Waals surface area contributed by atoms with Gasteiger partial charge in [-0.05, 0) is 49.7 Å². The molecule has 1 saturated heterocycles. The lowest BCUT2D eigenvalue weighted by Gasteiger charge is -2.30. The highest BCUT2D eigenvalue weighted by Crippen LogP contribution is 2.39. The van der Waals surface area contributed by atoms with Crippen molar-refractivity contribution in [2.75, 3.05) is 32.1 Å². The van der Waals surface area contributed by atoms with Gasteiger partial charge in [-0.3, -0.25) is 9.69 Å². The van der Waals surface area contributed by atoms with E-state index < -0.39 is 5.54 Å². The van der Waals surface area contributed by atoms with Crippen LogP contribution in [0.3, 0.4) is 0 Å². The number of anilines is 1. The van der Waals surface area contributed by atoms with Crippen LogP contribution in [0.25, 0.3) is 0 Å². The van der Waals surface area contributed by atoms with Crippen LogP contribution in [0.1, 0.15) is 57.8 Å². The van der Waals surface area contributed by atoms with Gasteiger partial charge in [0.2, 0.25) is 0 Å². The van der Waals surface area contributed by atoms with E-state index in [0.717, 1.165) is 50.4 Å². The summed E-state index contributed by atoms with van der Waals surface area (Å²) in [6.07, 6.45) is 10.4. The molecule has 4 rings (SSSR count). The van der Waals surface area contributed by atoms with Gasteiger partial charge in [-0.25, -0.2) is 4.99 Å². The van der Waals surface area contributed by atoms with Crippen LogP contribution in [0.4, 0.5) is 5.69 Å². The Balaban J connectivity index is 1.45. The molecule has 6 nitrogen and oxygen atoms in total. The van der Waals surface area contributed by atoms with Crippen molar-refractivity contribution in [3.8, 4) is 5.75 Å². The number of hydrogen-bond acceptors (Lipinski definition) is 5. The molecule has 1 amide bonds. The zero-order valence-corrected chi connectivity index (χ0v) is 18.5. The summed E-state index contributed by atoms with van der Waals surface area (Å²) in [5.74, 6) is 2.53. The number of methoxy groups -OCH3 is 1. The lowest BCUT2D eigenvalue weighted by atomic mass is 9.78. The summed E-state index contributed by atoms with van der Waals surface area (Å²) in [5.41, 5.74) is 6.63. The second-order valence-electron chi connectivity index (χ2n) is 9.41. The Morgan fingerprint density at radius 3 is 2.70 bits per heavy atom. The number of hydrogen-bond donors (Lipinski definition) is 1. The highest BCUT2D eigenvalue weighted by atomic mass is 16.5. The molecular formula is C24H36N4O2. The molecule has 1 aromatic rings. The molecule has 30 heavy (non-hydrogen) atoms. The fourth-order valence-corrected chi connectivity index (χ4v) is 5.59. The third-order valence-electron chi connectivity index (χ3n) is 7.40. The minimum Gasteiger partial charge on any atom is -0.497 e. The highest BCUT2D eigenvalue weighted by molar-refractivity contribution is 6.06. The minimum absolute atomic E-state index is 0.0932. The standard InChI is InChI=1S/C24H36N4O2/c1-27-22(29)24(26-23(27)25,13-11-18-7-4-3-5-8-18)16-19-12-14-28(17-19)20-9-6-10-21(15-20)30-2/h6,9-10,15,18-19H,3-5,7-8,11-14,16-17H2,1-2H3,(H2,25,26). The summed E-state index contributed by atoms with van der Waals surface area (Å²) in [6, 6.07) is 8.23. The largest absolute Gasteiger partial charge is 0.497 e. The molecule has 1 saturated carbocycles. The van der Waals surface area contributed by atoms with Gasteiger partial charge in [0, 0.05) is 31.9 Å². The predicted octanol–water partition coefficient (Wildman–Crippen LogP) is 3.80. The molecule has 164 valence electrons. The number of rotatable bonds is 7. The number of carbonyl (C=O) groups excluding carboxylic acids is 1. The highest BCUT2D eigenvalue weighted by Gasteiger charge is 2.48. The lowest BCUT2D eigenvalue weighted by molar-refractivity contribution is -0.131. The number of carbonyl (C=O) groups is 1. The number of guanidine groups is 1. The van der Waals surface area contributed by atoms with Crippen molar-refractivity contribution in [2.24, 2.45) is 22.6 Å². The number of amides is 1. The molecule has 1 aliphatic carbocycles. The van der Waals surface area contributed by atoms with Crippen molar-refractivity contribution in [1.82, 2.24) is 4.90 Å². The van der Waals surface area contributed by atoms with Gasteiger partial charge in [0.1, 0.15) is 11.3 Å². The summed E-state index contributed by atoms with van der Waals surface area (Å²) in [5, 5.41) is 0. The van der Waals surface area contributed by atoms with Gasteiger partial charge < -0.3 is 15.4 Å². The van der Waals surface area contributed by atoms with Crippen LogP contribution in [-0.2, 0) is 4.79 Å². The fourth-order valence-electron chi connectivity index (χ4n) is 5.59. The monoisotopic (exact) mass is 412 g/mol. The summed E-state index contributed by atoms with van der Waals surface area (Å²) in [7, 11) is 3.47. The molecule has 2 aliphatic heterocycles. The molecule has 0 spiro atoms. The van der Waals surface area contributed by atoms with Crippen LogP contribution in [0.5, 0.6) is 5.75 Å². The van der Waals surface area contributed by atoms with Crippen LogP contribution < -0.4 is 15.4 Å². The van der Waals surface area contributed by atoms with Gasteiger partial charge in [-0.15, -0.1) is 0 Å². The Labute approximate surface area is 180 Å². The van der Waals surface area contributed by atoms with Crippen molar-refractivity contribution >= 4 is 17.6 Å². The average Bonchev–Trinajstić information content (AvgIpc) is 3.32. The lowest BCUT2D eigenvalue weighted by Crippen LogP contribution is -2.43. The molecule has 0 bridgehead atoms. The van der Waals surface area contributed by atoms with Crippen LogP contribution in [0.2, 0.25) is 0 Å². The SMILES string of the molecule is COc1cccc(N2CCC(CC3(CCC4CCCCC4)N=C(N)N(C)C3=O)C2)c1. The van der Waals surface area contributed by atoms with E-state index in [-0.39, 0.29) is 5.91 Å². The summed E-state index contributed by atoms with van der Waals surface area (Å²) in [6.45, 7) is 1.95. The van der Waals surface area contributed by atoms with Crippen molar-refractivity contribution in [3.63, 3.8) is 0 Å². The predicted molar refractivity (Wildman–Crippen MR) is 121 cm³/mol. The smallest absolute Gasteiger partial charge is 0.257 e. The third-order valence-corrected chi connectivity index (χ3v) is 7.40. The second-order valence-corrected chi connectivity index (χ2v) is 9.41. The van der Waals surface area contributed by atoms with E-state index in [9.17, 15) is 4.79 Å². The van der Waals surface area contributed by atoms with E-state index >= 15 is 0 Å². The van der Waals surface area contributed by atoms with E-state index in [1.165, 1.54) is 37.8 Å². The third kappa shape index (κ3) is 4.28. The molecule has 0 aromatic heterocycles. The number of benzene rings is 1. The Morgan fingerprint density at radius 1 is 1.20 bits per heavy atom. The van der Waals surface area contributed by atoms with Gasteiger partial charge in [-0.2, -0.15) is 0 Å². The molecule has 3 aliphatic rings. The van der Waals surface area contributed by atoms with Crippen LogP contribution in [-0.4, -0.2) is 49.6 Å². The van der Waals surface area contributed by atoms with Crippen molar-refractivity contribution in [2.45, 2.75) is 63.3 Å². The van der Waals surface area contributed by atoms with Gasteiger partial charge in [0.25, 0.3) is 5.91 Å². The molecule has 2 atom stereocenters. The Bertz CT molecular complexity index is 789. The van der Waals surface area contributed by atoms with Crippen molar-refractivity contribution in [1.29, 1.82) is 0 Å².